The second kappa shape index (κ2) is 5.07. The topological polar surface area (TPSA) is 43.1 Å². The van der Waals surface area contributed by atoms with Crippen molar-refractivity contribution in [2.45, 2.75) is 29.5 Å². The van der Waals surface area contributed by atoms with E-state index in [-0.39, 0.29) is 5.91 Å². The molecule has 0 aromatic heterocycles. The summed E-state index contributed by atoms with van der Waals surface area (Å²) in [5.41, 5.74) is 4.90. The number of carbonyl (C=O) groups excluding carboxylic acids is 1. The average Bonchev–Trinajstić information content (AvgIpc) is 1.78. The summed E-state index contributed by atoms with van der Waals surface area (Å²) in [7, 11) is 0. The molecule has 0 aliphatic rings. The first-order valence-corrected chi connectivity index (χ1v) is 4.40. The number of hydrogen-bond donors (Lipinski definition) is 1. The summed E-state index contributed by atoms with van der Waals surface area (Å²) >= 11 is 16.4. The number of halogens is 3. The molecule has 0 atom stereocenters. The highest BCUT2D eigenvalue weighted by Gasteiger charge is 2.18. The Morgan fingerprint density at radius 2 is 1.82 bits per heavy atom. The molecular weight excluding hydrogens is 208 g/mol. The Labute approximate surface area is 81.0 Å². The molecule has 0 fully saturated rings. The van der Waals surface area contributed by atoms with Crippen LogP contribution in [0.25, 0.3) is 0 Å². The van der Waals surface area contributed by atoms with Crippen molar-refractivity contribution in [1.29, 1.82) is 0 Å². The number of amides is 1. The smallest absolute Gasteiger partial charge is 0.217 e. The molecule has 0 aliphatic carbocycles. The number of alkyl halides is 3. The molecule has 66 valence electrons. The Morgan fingerprint density at radius 1 is 1.27 bits per heavy atom. The van der Waals surface area contributed by atoms with Gasteiger partial charge in [-0.3, -0.25) is 4.79 Å². The second-order valence-corrected chi connectivity index (χ2v) is 4.80. The van der Waals surface area contributed by atoms with Crippen LogP contribution >= 0.6 is 34.8 Å². The summed E-state index contributed by atoms with van der Waals surface area (Å²) in [6.45, 7) is 0. The van der Waals surface area contributed by atoms with E-state index in [1.807, 2.05) is 0 Å². The third-order valence-electron chi connectivity index (χ3n) is 1.13. The average molecular weight is 219 g/mol. The Balaban J connectivity index is 3.22. The highest BCUT2D eigenvalue weighted by atomic mass is 35.6. The monoisotopic (exact) mass is 217 g/mol. The SMILES string of the molecule is NC(=O)CCCCC(Cl)(Cl)Cl. The number of unbranched alkanes of at least 4 members (excludes halogenated alkanes) is 1. The summed E-state index contributed by atoms with van der Waals surface area (Å²) in [6, 6.07) is 0. The molecule has 0 aromatic carbocycles. The Kier molecular flexibility index (Phi) is 5.23. The van der Waals surface area contributed by atoms with Crippen LogP contribution in [-0.4, -0.2) is 9.70 Å². The van der Waals surface area contributed by atoms with E-state index in [0.717, 1.165) is 0 Å². The molecule has 0 aliphatic heterocycles. The van der Waals surface area contributed by atoms with Crippen LogP contribution in [0.3, 0.4) is 0 Å². The fourth-order valence-corrected chi connectivity index (χ4v) is 1.03. The number of primary amides is 1. The minimum atomic E-state index is -1.20. The maximum Gasteiger partial charge on any atom is 0.217 e. The van der Waals surface area contributed by atoms with Crippen molar-refractivity contribution in [2.24, 2.45) is 5.73 Å². The van der Waals surface area contributed by atoms with Gasteiger partial charge in [-0.1, -0.05) is 34.8 Å². The zero-order valence-corrected chi connectivity index (χ0v) is 8.22. The van der Waals surface area contributed by atoms with E-state index in [1.54, 1.807) is 0 Å². The number of rotatable bonds is 4. The first-order chi connectivity index (χ1) is 4.92. The molecular formula is C6H10Cl3NO. The van der Waals surface area contributed by atoms with Gasteiger partial charge >= 0.3 is 0 Å². The number of carbonyl (C=O) groups is 1. The van der Waals surface area contributed by atoms with Crippen LogP contribution in [-0.2, 0) is 4.79 Å². The van der Waals surface area contributed by atoms with E-state index in [0.29, 0.717) is 25.7 Å². The summed E-state index contributed by atoms with van der Waals surface area (Å²) in [4.78, 5) is 10.2. The molecule has 2 nitrogen and oxygen atoms in total. The van der Waals surface area contributed by atoms with Crippen molar-refractivity contribution in [3.8, 4) is 0 Å². The quantitative estimate of drug-likeness (QED) is 0.571. The van der Waals surface area contributed by atoms with Gasteiger partial charge in [0.05, 0.1) is 0 Å². The van der Waals surface area contributed by atoms with Crippen molar-refractivity contribution < 1.29 is 4.79 Å². The summed E-state index contributed by atoms with van der Waals surface area (Å²) < 4.78 is -1.20. The van der Waals surface area contributed by atoms with Gasteiger partial charge in [-0.05, 0) is 19.3 Å². The Bertz CT molecular complexity index is 132. The summed E-state index contributed by atoms with van der Waals surface area (Å²) in [5, 5.41) is 0. The van der Waals surface area contributed by atoms with Crippen LogP contribution in [0.15, 0.2) is 0 Å². The molecule has 0 heterocycles. The highest BCUT2D eigenvalue weighted by Crippen LogP contribution is 2.31. The van der Waals surface area contributed by atoms with E-state index in [2.05, 4.69) is 0 Å². The van der Waals surface area contributed by atoms with Gasteiger partial charge in [-0.2, -0.15) is 0 Å². The van der Waals surface area contributed by atoms with Crippen LogP contribution in [0, 0.1) is 0 Å². The van der Waals surface area contributed by atoms with Crippen LogP contribution in [0.4, 0.5) is 0 Å². The molecule has 0 radical (unpaired) electrons. The maximum absolute atomic E-state index is 10.2. The molecule has 2 N–H and O–H groups in total. The number of hydrogen-bond acceptors (Lipinski definition) is 1. The minimum absolute atomic E-state index is 0.311. The summed E-state index contributed by atoms with van der Waals surface area (Å²) in [5.74, 6) is -0.311. The molecule has 0 aromatic rings. The largest absolute Gasteiger partial charge is 0.370 e. The third-order valence-corrected chi connectivity index (χ3v) is 1.70. The van der Waals surface area contributed by atoms with Crippen molar-refractivity contribution in [1.82, 2.24) is 0 Å². The molecule has 5 heteroatoms. The second-order valence-electron chi connectivity index (χ2n) is 2.29. The molecule has 0 spiro atoms. The number of nitrogens with two attached hydrogens (primary N) is 1. The molecule has 0 saturated carbocycles. The van der Waals surface area contributed by atoms with Crippen molar-refractivity contribution in [3.63, 3.8) is 0 Å². The lowest BCUT2D eigenvalue weighted by Crippen LogP contribution is -2.10. The molecule has 0 saturated heterocycles. The van der Waals surface area contributed by atoms with Crippen molar-refractivity contribution in [3.05, 3.63) is 0 Å². The molecule has 11 heavy (non-hydrogen) atoms. The van der Waals surface area contributed by atoms with Crippen molar-refractivity contribution >= 4 is 40.7 Å². The van der Waals surface area contributed by atoms with Gasteiger partial charge in [0.15, 0.2) is 3.79 Å². The first-order valence-electron chi connectivity index (χ1n) is 3.27. The molecule has 0 unspecified atom stereocenters. The minimum Gasteiger partial charge on any atom is -0.370 e. The molecule has 0 rings (SSSR count). The van der Waals surface area contributed by atoms with Gasteiger partial charge in [0.2, 0.25) is 5.91 Å². The highest BCUT2D eigenvalue weighted by molar-refractivity contribution is 6.67. The van der Waals surface area contributed by atoms with E-state index in [1.165, 1.54) is 0 Å². The first kappa shape index (κ1) is 11.3. The lowest BCUT2D eigenvalue weighted by atomic mass is 10.2. The van der Waals surface area contributed by atoms with Gasteiger partial charge in [-0.15, -0.1) is 0 Å². The van der Waals surface area contributed by atoms with Crippen molar-refractivity contribution in [2.75, 3.05) is 0 Å². The van der Waals surface area contributed by atoms with Gasteiger partial charge in [-0.25, -0.2) is 0 Å². The van der Waals surface area contributed by atoms with E-state index < -0.39 is 3.79 Å². The molecule has 1 amide bonds. The zero-order valence-electron chi connectivity index (χ0n) is 5.95. The molecule has 0 bridgehead atoms. The van der Waals surface area contributed by atoms with Crippen LogP contribution in [0.2, 0.25) is 0 Å². The van der Waals surface area contributed by atoms with Crippen LogP contribution in [0.1, 0.15) is 25.7 Å². The van der Waals surface area contributed by atoms with Gasteiger partial charge in [0.25, 0.3) is 0 Å². The van der Waals surface area contributed by atoms with Gasteiger partial charge in [0.1, 0.15) is 0 Å². The van der Waals surface area contributed by atoms with E-state index in [4.69, 9.17) is 40.5 Å². The van der Waals surface area contributed by atoms with Gasteiger partial charge < -0.3 is 5.73 Å². The van der Waals surface area contributed by atoms with E-state index >= 15 is 0 Å². The summed E-state index contributed by atoms with van der Waals surface area (Å²) in [6.07, 6.45) is 2.22. The Morgan fingerprint density at radius 3 is 2.18 bits per heavy atom. The van der Waals surface area contributed by atoms with Crippen LogP contribution in [0.5, 0.6) is 0 Å². The predicted octanol–water partition coefficient (Wildman–Crippen LogP) is 2.40. The Hall–Kier alpha value is 0.340. The standard InChI is InChI=1S/C6H10Cl3NO/c7-6(8,9)4-2-1-3-5(10)11/h1-4H2,(H2,10,11). The van der Waals surface area contributed by atoms with Crippen LogP contribution < -0.4 is 5.73 Å². The predicted molar refractivity (Wildman–Crippen MR) is 48.0 cm³/mol. The lowest BCUT2D eigenvalue weighted by Gasteiger charge is -2.08. The fourth-order valence-electron chi connectivity index (χ4n) is 0.625. The zero-order chi connectivity index (χ0) is 8.91. The maximum atomic E-state index is 10.2. The van der Waals surface area contributed by atoms with E-state index in [9.17, 15) is 4.79 Å². The fraction of sp³-hybridized carbons (Fsp3) is 0.833. The third kappa shape index (κ3) is 10.3. The van der Waals surface area contributed by atoms with Gasteiger partial charge in [0, 0.05) is 6.42 Å². The normalized spacial score (nSPS) is 11.5. The lowest BCUT2D eigenvalue weighted by molar-refractivity contribution is -0.118.